The third kappa shape index (κ3) is 3.34. The van der Waals surface area contributed by atoms with E-state index in [1.807, 2.05) is 25.5 Å². The highest BCUT2D eigenvalue weighted by Crippen LogP contribution is 2.49. The maximum absolute atomic E-state index is 12.0. The summed E-state index contributed by atoms with van der Waals surface area (Å²) in [5.41, 5.74) is 7.20. The Labute approximate surface area is 110 Å². The first-order valence-corrected chi connectivity index (χ1v) is 8.41. The third-order valence-electron chi connectivity index (χ3n) is 3.44. The van der Waals surface area contributed by atoms with Crippen LogP contribution in [0.15, 0.2) is 24.3 Å². The van der Waals surface area contributed by atoms with Crippen molar-refractivity contribution < 1.29 is 4.57 Å². The van der Waals surface area contributed by atoms with E-state index in [2.05, 4.69) is 19.1 Å². The van der Waals surface area contributed by atoms with Crippen LogP contribution >= 0.6 is 19.5 Å². The van der Waals surface area contributed by atoms with Gasteiger partial charge in [0.25, 0.3) is 0 Å². The molecule has 0 amide bonds. The van der Waals surface area contributed by atoms with E-state index in [0.717, 1.165) is 5.30 Å². The summed E-state index contributed by atoms with van der Waals surface area (Å²) in [6.07, 6.45) is 1.18. The quantitative estimate of drug-likeness (QED) is 0.861. The van der Waals surface area contributed by atoms with Crippen LogP contribution in [0, 0.1) is 5.92 Å². The molecule has 1 aliphatic rings. The van der Waals surface area contributed by atoms with Crippen LogP contribution in [0.2, 0.25) is 0 Å². The normalized spacial score (nSPS) is 24.9. The molecule has 4 heteroatoms. The standard InChI is InChI=1S/C13H20NOP.ClH/c1-9(14)12-8-13(12)10-5-4-6-11(7-10)16(2,3)15;/h4-7,9,12-13H,8,14H2,1-3H3;1H. The van der Waals surface area contributed by atoms with Crippen molar-refractivity contribution in [3.8, 4) is 0 Å². The molecule has 0 radical (unpaired) electrons. The zero-order chi connectivity index (χ0) is 11.9. The molecule has 1 aliphatic carbocycles. The first kappa shape index (κ1) is 14.8. The van der Waals surface area contributed by atoms with Crippen molar-refractivity contribution in [2.24, 2.45) is 11.7 Å². The molecule has 0 aromatic heterocycles. The SMILES string of the molecule is CC(N)C1CC1c1cccc(P(C)(C)=O)c1.Cl. The Balaban J connectivity index is 0.00000144. The fraction of sp³-hybridized carbons (Fsp3) is 0.538. The Kier molecular flexibility index (Phi) is 4.46. The molecule has 1 aromatic carbocycles. The van der Waals surface area contributed by atoms with Crippen molar-refractivity contribution in [2.45, 2.75) is 25.3 Å². The van der Waals surface area contributed by atoms with Crippen molar-refractivity contribution in [3.63, 3.8) is 0 Å². The van der Waals surface area contributed by atoms with Crippen LogP contribution in [-0.4, -0.2) is 19.4 Å². The first-order chi connectivity index (χ1) is 7.39. The second-order valence-electron chi connectivity index (χ2n) is 5.31. The lowest BCUT2D eigenvalue weighted by molar-refractivity contribution is 0.588. The van der Waals surface area contributed by atoms with Crippen LogP contribution in [0.25, 0.3) is 0 Å². The Morgan fingerprint density at radius 1 is 1.41 bits per heavy atom. The van der Waals surface area contributed by atoms with Gasteiger partial charge in [-0.05, 0) is 50.1 Å². The number of hydrogen-bond donors (Lipinski definition) is 1. The summed E-state index contributed by atoms with van der Waals surface area (Å²) in [4.78, 5) is 0. The van der Waals surface area contributed by atoms with Gasteiger partial charge in [0.2, 0.25) is 0 Å². The van der Waals surface area contributed by atoms with Crippen molar-refractivity contribution >= 4 is 24.9 Å². The topological polar surface area (TPSA) is 43.1 Å². The predicted octanol–water partition coefficient (Wildman–Crippen LogP) is 2.81. The molecule has 2 N–H and O–H groups in total. The summed E-state index contributed by atoms with van der Waals surface area (Å²) >= 11 is 0. The van der Waals surface area contributed by atoms with Gasteiger partial charge in [0.15, 0.2) is 0 Å². The predicted molar refractivity (Wildman–Crippen MR) is 77.3 cm³/mol. The van der Waals surface area contributed by atoms with E-state index < -0.39 is 7.14 Å². The Morgan fingerprint density at radius 2 is 2.06 bits per heavy atom. The van der Waals surface area contributed by atoms with Gasteiger partial charge in [-0.15, -0.1) is 12.4 Å². The summed E-state index contributed by atoms with van der Waals surface area (Å²) in [7, 11) is -2.13. The van der Waals surface area contributed by atoms with Crippen LogP contribution in [0.5, 0.6) is 0 Å². The fourth-order valence-corrected chi connectivity index (χ4v) is 3.17. The first-order valence-electron chi connectivity index (χ1n) is 5.80. The molecule has 3 atom stereocenters. The van der Waals surface area contributed by atoms with Gasteiger partial charge in [-0.3, -0.25) is 0 Å². The number of benzene rings is 1. The Hall–Kier alpha value is -0.300. The molecular weight excluding hydrogens is 253 g/mol. The molecule has 0 heterocycles. The molecule has 1 aromatic rings. The van der Waals surface area contributed by atoms with Gasteiger partial charge in [-0.25, -0.2) is 0 Å². The van der Waals surface area contributed by atoms with Gasteiger partial charge < -0.3 is 10.3 Å². The van der Waals surface area contributed by atoms with Gasteiger partial charge in [-0.1, -0.05) is 18.2 Å². The van der Waals surface area contributed by atoms with Gasteiger partial charge in [0.05, 0.1) is 0 Å². The monoisotopic (exact) mass is 273 g/mol. The fourth-order valence-electron chi connectivity index (χ4n) is 2.27. The van der Waals surface area contributed by atoms with E-state index in [1.54, 1.807) is 0 Å². The highest BCUT2D eigenvalue weighted by Gasteiger charge is 2.40. The molecule has 3 unspecified atom stereocenters. The molecule has 1 fully saturated rings. The summed E-state index contributed by atoms with van der Waals surface area (Å²) in [5, 5.41) is 0.986. The minimum atomic E-state index is -2.13. The lowest BCUT2D eigenvalue weighted by atomic mass is 10.1. The van der Waals surface area contributed by atoms with Crippen molar-refractivity contribution in [2.75, 3.05) is 13.3 Å². The molecule has 1 saturated carbocycles. The minimum absolute atomic E-state index is 0. The lowest BCUT2D eigenvalue weighted by Gasteiger charge is -2.09. The highest BCUT2D eigenvalue weighted by molar-refractivity contribution is 7.70. The molecule has 0 bridgehead atoms. The number of nitrogens with two attached hydrogens (primary N) is 1. The highest BCUT2D eigenvalue weighted by atomic mass is 35.5. The molecule has 17 heavy (non-hydrogen) atoms. The van der Waals surface area contributed by atoms with Crippen molar-refractivity contribution in [3.05, 3.63) is 29.8 Å². The Morgan fingerprint density at radius 3 is 2.53 bits per heavy atom. The maximum atomic E-state index is 12.0. The Bertz CT molecular complexity index is 441. The van der Waals surface area contributed by atoms with E-state index in [4.69, 9.17) is 5.73 Å². The van der Waals surface area contributed by atoms with Gasteiger partial charge in [0, 0.05) is 11.3 Å². The zero-order valence-corrected chi connectivity index (χ0v) is 12.3. The van der Waals surface area contributed by atoms with Crippen LogP contribution in [0.3, 0.4) is 0 Å². The molecule has 0 aliphatic heterocycles. The molecule has 0 saturated heterocycles. The van der Waals surface area contributed by atoms with E-state index in [1.165, 1.54) is 12.0 Å². The third-order valence-corrected chi connectivity index (χ3v) is 4.96. The number of halogens is 1. The molecule has 0 spiro atoms. The van der Waals surface area contributed by atoms with E-state index in [9.17, 15) is 4.57 Å². The lowest BCUT2D eigenvalue weighted by Crippen LogP contribution is -2.18. The van der Waals surface area contributed by atoms with Crippen LogP contribution in [-0.2, 0) is 4.57 Å². The van der Waals surface area contributed by atoms with E-state index in [-0.39, 0.29) is 18.4 Å². The van der Waals surface area contributed by atoms with Gasteiger partial charge in [-0.2, -0.15) is 0 Å². The van der Waals surface area contributed by atoms with Crippen molar-refractivity contribution in [1.29, 1.82) is 0 Å². The largest absolute Gasteiger partial charge is 0.328 e. The van der Waals surface area contributed by atoms with Crippen LogP contribution < -0.4 is 11.0 Å². The average Bonchev–Trinajstić information content (AvgIpc) is 2.96. The second kappa shape index (κ2) is 5.14. The molecular formula is C13H21ClNOP. The van der Waals surface area contributed by atoms with Gasteiger partial charge >= 0.3 is 0 Å². The van der Waals surface area contributed by atoms with Crippen molar-refractivity contribution in [1.82, 2.24) is 0 Å². The number of hydrogen-bond acceptors (Lipinski definition) is 2. The second-order valence-corrected chi connectivity index (χ2v) is 8.53. The maximum Gasteiger partial charge on any atom is 0.109 e. The van der Waals surface area contributed by atoms with E-state index in [0.29, 0.717) is 11.8 Å². The average molecular weight is 274 g/mol. The summed E-state index contributed by atoms with van der Waals surface area (Å²) < 4.78 is 12.0. The van der Waals surface area contributed by atoms with Crippen LogP contribution in [0.1, 0.15) is 24.8 Å². The molecule has 2 nitrogen and oxygen atoms in total. The smallest absolute Gasteiger partial charge is 0.109 e. The minimum Gasteiger partial charge on any atom is -0.328 e. The summed E-state index contributed by atoms with van der Waals surface area (Å²) in [5.74, 6) is 1.20. The van der Waals surface area contributed by atoms with Crippen LogP contribution in [0.4, 0.5) is 0 Å². The van der Waals surface area contributed by atoms with E-state index >= 15 is 0 Å². The number of rotatable bonds is 3. The summed E-state index contributed by atoms with van der Waals surface area (Å²) in [6.45, 7) is 5.71. The summed E-state index contributed by atoms with van der Waals surface area (Å²) in [6, 6.07) is 8.48. The molecule has 2 rings (SSSR count). The zero-order valence-electron chi connectivity index (χ0n) is 10.6. The van der Waals surface area contributed by atoms with Gasteiger partial charge in [0.1, 0.15) is 7.14 Å². The molecule has 96 valence electrons.